The van der Waals surface area contributed by atoms with Gasteiger partial charge in [-0.3, -0.25) is 14.9 Å². The summed E-state index contributed by atoms with van der Waals surface area (Å²) in [5, 5.41) is 21.6. The second-order valence-electron chi connectivity index (χ2n) is 4.48. The van der Waals surface area contributed by atoms with E-state index in [0.717, 1.165) is 0 Å². The molecule has 0 radical (unpaired) electrons. The number of benzene rings is 1. The number of non-ortho nitro benzene ring substituents is 1. The molecule has 0 spiro atoms. The Morgan fingerprint density at radius 2 is 1.68 bits per heavy atom. The summed E-state index contributed by atoms with van der Waals surface area (Å²) in [7, 11) is 0. The highest BCUT2D eigenvalue weighted by Gasteiger charge is 2.10. The van der Waals surface area contributed by atoms with Gasteiger partial charge in [0.1, 0.15) is 12.3 Å². The largest absolute Gasteiger partial charge is 0.464 e. The van der Waals surface area contributed by atoms with Gasteiger partial charge in [-0.25, -0.2) is 4.79 Å². The number of hydrogen-bond acceptors (Lipinski definition) is 9. The number of carbonyl (C=O) groups excluding carboxylic acids is 2. The number of nitro benzene ring substituents is 1. The van der Waals surface area contributed by atoms with Gasteiger partial charge in [0.05, 0.1) is 18.1 Å². The van der Waals surface area contributed by atoms with E-state index in [4.69, 9.17) is 9.47 Å². The molecule has 0 bridgehead atoms. The summed E-state index contributed by atoms with van der Waals surface area (Å²) in [6.07, 6.45) is -0.221. The monoisotopic (exact) mass is 357 g/mol. The Kier molecular flexibility index (Phi) is 8.12. The molecule has 0 unspecified atom stereocenters. The number of nitrogens with one attached hydrogen (secondary N) is 1. The van der Waals surface area contributed by atoms with Gasteiger partial charge in [-0.15, -0.1) is 10.1 Å². The highest BCUT2D eigenvalue weighted by Crippen LogP contribution is 2.17. The Hall–Kier alpha value is -3.44. The summed E-state index contributed by atoms with van der Waals surface area (Å²) in [6.45, 7) is -0.499. The van der Waals surface area contributed by atoms with Crippen LogP contribution >= 0.6 is 0 Å². The molecule has 1 aromatic rings. The summed E-state index contributed by atoms with van der Waals surface area (Å²) in [6, 6.07) is 4.81. The van der Waals surface area contributed by atoms with Gasteiger partial charge in [0.25, 0.3) is 10.8 Å². The van der Waals surface area contributed by atoms with Gasteiger partial charge < -0.3 is 19.6 Å². The van der Waals surface area contributed by atoms with Gasteiger partial charge in [0.2, 0.25) is 0 Å². The van der Waals surface area contributed by atoms with E-state index in [1.54, 1.807) is 0 Å². The molecule has 136 valence electrons. The van der Waals surface area contributed by atoms with E-state index in [1.807, 2.05) is 0 Å². The van der Waals surface area contributed by atoms with E-state index in [-0.39, 0.29) is 24.7 Å². The van der Waals surface area contributed by atoms with Crippen LogP contribution in [0.15, 0.2) is 24.3 Å². The molecule has 1 aromatic carbocycles. The average Bonchev–Trinajstić information content (AvgIpc) is 2.56. The summed E-state index contributed by atoms with van der Waals surface area (Å²) >= 11 is 0. The third-order valence-electron chi connectivity index (χ3n) is 2.63. The van der Waals surface area contributed by atoms with Crippen molar-refractivity contribution in [2.45, 2.75) is 12.8 Å². The minimum atomic E-state index is -0.926. The molecule has 0 aliphatic rings. The molecule has 0 aliphatic heterocycles. The van der Waals surface area contributed by atoms with Crippen LogP contribution in [0.25, 0.3) is 0 Å². The van der Waals surface area contributed by atoms with Gasteiger partial charge in [0, 0.05) is 12.1 Å². The molecule has 1 rings (SSSR count). The number of rotatable bonds is 10. The van der Waals surface area contributed by atoms with Crippen LogP contribution in [0, 0.1) is 20.2 Å². The molecule has 0 saturated carbocycles. The van der Waals surface area contributed by atoms with Crippen molar-refractivity contribution in [3.8, 4) is 5.75 Å². The Morgan fingerprint density at radius 1 is 1.04 bits per heavy atom. The Labute approximate surface area is 140 Å². The van der Waals surface area contributed by atoms with Crippen molar-refractivity contribution in [1.29, 1.82) is 0 Å². The summed E-state index contributed by atoms with van der Waals surface area (Å²) < 4.78 is 9.60. The zero-order chi connectivity index (χ0) is 18.7. The Morgan fingerprint density at radius 3 is 2.28 bits per heavy atom. The molecular formula is C13H15N3O9. The van der Waals surface area contributed by atoms with Crippen LogP contribution in [0.4, 0.5) is 10.5 Å². The number of carbonyl (C=O) groups is 2. The fourth-order valence-corrected chi connectivity index (χ4v) is 1.50. The first-order valence-electron chi connectivity index (χ1n) is 7.01. The number of nitro groups is 1. The molecule has 0 saturated heterocycles. The molecule has 25 heavy (non-hydrogen) atoms. The smallest absolute Gasteiger partial charge is 0.413 e. The van der Waals surface area contributed by atoms with Crippen LogP contribution in [-0.4, -0.2) is 41.8 Å². The van der Waals surface area contributed by atoms with Crippen molar-refractivity contribution in [2.75, 3.05) is 19.8 Å². The predicted octanol–water partition coefficient (Wildman–Crippen LogP) is 1.21. The third kappa shape index (κ3) is 8.68. The summed E-state index contributed by atoms with van der Waals surface area (Å²) in [5.74, 6) is -0.641. The minimum Gasteiger partial charge on any atom is -0.464 e. The fraction of sp³-hybridized carbons (Fsp3) is 0.385. The van der Waals surface area contributed by atoms with Crippen LogP contribution in [0.5, 0.6) is 5.75 Å². The van der Waals surface area contributed by atoms with Crippen LogP contribution in [-0.2, 0) is 14.4 Å². The molecule has 1 N–H and O–H groups in total. The number of esters is 1. The topological polar surface area (TPSA) is 160 Å². The molecule has 0 fully saturated rings. The fourth-order valence-electron chi connectivity index (χ4n) is 1.50. The molecule has 12 heteroatoms. The lowest BCUT2D eigenvalue weighted by molar-refractivity contribution is -0.757. The van der Waals surface area contributed by atoms with Crippen molar-refractivity contribution in [2.24, 2.45) is 0 Å². The third-order valence-corrected chi connectivity index (χ3v) is 2.63. The maximum absolute atomic E-state index is 11.5. The van der Waals surface area contributed by atoms with E-state index < -0.39 is 28.6 Å². The number of amides is 1. The number of unbranched alkanes of at least 4 members (excludes halogenated alkanes) is 1. The summed E-state index contributed by atoms with van der Waals surface area (Å²) in [4.78, 5) is 46.7. The van der Waals surface area contributed by atoms with E-state index in [0.29, 0.717) is 12.8 Å². The van der Waals surface area contributed by atoms with Crippen molar-refractivity contribution >= 4 is 17.7 Å². The lowest BCUT2D eigenvalue weighted by atomic mass is 10.3. The van der Waals surface area contributed by atoms with E-state index in [1.165, 1.54) is 24.3 Å². The molecule has 0 aliphatic carbocycles. The van der Waals surface area contributed by atoms with Crippen LogP contribution in [0.1, 0.15) is 12.8 Å². The van der Waals surface area contributed by atoms with Crippen LogP contribution in [0.2, 0.25) is 0 Å². The highest BCUT2D eigenvalue weighted by molar-refractivity contribution is 5.78. The van der Waals surface area contributed by atoms with Crippen molar-refractivity contribution < 1.29 is 33.9 Å². The zero-order valence-electron chi connectivity index (χ0n) is 12.9. The molecule has 1 amide bonds. The lowest BCUT2D eigenvalue weighted by Gasteiger charge is -2.07. The SMILES string of the molecule is O=C(CNC(=O)Oc1ccc([N+](=O)[O-])cc1)OCCCCO[N+](=O)[O-]. The number of ether oxygens (including phenoxy) is 2. The van der Waals surface area contributed by atoms with Gasteiger partial charge in [0.15, 0.2) is 0 Å². The predicted molar refractivity (Wildman–Crippen MR) is 80.3 cm³/mol. The zero-order valence-corrected chi connectivity index (χ0v) is 12.9. The standard InChI is InChI=1S/C13H15N3O9/c17-12(23-7-1-2-8-24-16(21)22)9-14-13(18)25-11-5-3-10(4-6-11)15(19)20/h3-6H,1-2,7-9H2,(H,14,18). The van der Waals surface area contributed by atoms with Gasteiger partial charge >= 0.3 is 12.1 Å². The second-order valence-corrected chi connectivity index (χ2v) is 4.48. The molecule has 0 heterocycles. The highest BCUT2D eigenvalue weighted by atomic mass is 16.9. The molecular weight excluding hydrogens is 342 g/mol. The maximum atomic E-state index is 11.5. The van der Waals surface area contributed by atoms with Crippen molar-refractivity contribution in [1.82, 2.24) is 5.32 Å². The van der Waals surface area contributed by atoms with E-state index in [2.05, 4.69) is 10.2 Å². The van der Waals surface area contributed by atoms with Crippen molar-refractivity contribution in [3.63, 3.8) is 0 Å². The second kappa shape index (κ2) is 10.4. The van der Waals surface area contributed by atoms with Gasteiger partial charge in [-0.1, -0.05) is 0 Å². The number of hydrogen-bond donors (Lipinski definition) is 1. The van der Waals surface area contributed by atoms with Gasteiger partial charge in [-0.05, 0) is 25.0 Å². The van der Waals surface area contributed by atoms with Crippen molar-refractivity contribution in [3.05, 3.63) is 44.5 Å². The van der Waals surface area contributed by atoms with Crippen LogP contribution in [0.3, 0.4) is 0 Å². The average molecular weight is 357 g/mol. The number of nitrogens with zero attached hydrogens (tertiary/aromatic N) is 2. The Bertz CT molecular complexity index is 618. The van der Waals surface area contributed by atoms with E-state index in [9.17, 15) is 29.8 Å². The van der Waals surface area contributed by atoms with Gasteiger partial charge in [-0.2, -0.15) is 0 Å². The molecule has 12 nitrogen and oxygen atoms in total. The quantitative estimate of drug-likeness (QED) is 0.281. The maximum Gasteiger partial charge on any atom is 0.413 e. The minimum absolute atomic E-state index is 0.0268. The van der Waals surface area contributed by atoms with Crippen LogP contribution < -0.4 is 10.1 Å². The van der Waals surface area contributed by atoms with E-state index >= 15 is 0 Å². The Balaban J connectivity index is 2.17. The summed E-state index contributed by atoms with van der Waals surface area (Å²) in [5.41, 5.74) is -0.153. The lowest BCUT2D eigenvalue weighted by Crippen LogP contribution is -2.33. The first-order chi connectivity index (χ1) is 11.9. The first kappa shape index (κ1) is 19.6. The molecule has 0 aromatic heterocycles. The molecule has 0 atom stereocenters. The normalized spacial score (nSPS) is 9.76. The first-order valence-corrected chi connectivity index (χ1v) is 7.01.